The van der Waals surface area contributed by atoms with E-state index in [4.69, 9.17) is 4.74 Å². The number of carboxylic acid groups (broad SMARTS) is 1. The molecule has 20 heavy (non-hydrogen) atoms. The highest BCUT2D eigenvalue weighted by atomic mass is 16.5. The fourth-order valence-corrected chi connectivity index (χ4v) is 3.31. The van der Waals surface area contributed by atoms with Crippen molar-refractivity contribution in [2.24, 2.45) is 11.8 Å². The molecule has 0 bridgehead atoms. The number of carbonyl (C=O) groups is 2. The molecule has 5 nitrogen and oxygen atoms in total. The average molecular weight is 283 g/mol. The number of amides is 1. The van der Waals surface area contributed by atoms with E-state index in [1.165, 1.54) is 0 Å². The second kappa shape index (κ2) is 6.12. The van der Waals surface area contributed by atoms with Gasteiger partial charge in [0.25, 0.3) is 0 Å². The molecule has 2 rings (SSSR count). The van der Waals surface area contributed by atoms with Crippen LogP contribution in [0.2, 0.25) is 0 Å². The summed E-state index contributed by atoms with van der Waals surface area (Å²) < 4.78 is 5.43. The Kier molecular flexibility index (Phi) is 4.68. The van der Waals surface area contributed by atoms with E-state index >= 15 is 0 Å². The number of aliphatic carboxylic acids is 1. The van der Waals surface area contributed by atoms with Crippen molar-refractivity contribution in [1.29, 1.82) is 0 Å². The molecule has 1 saturated carbocycles. The molecule has 0 radical (unpaired) electrons. The van der Waals surface area contributed by atoms with Crippen molar-refractivity contribution in [3.8, 4) is 0 Å². The highest BCUT2D eigenvalue weighted by molar-refractivity contribution is 5.89. The Morgan fingerprint density at radius 3 is 2.40 bits per heavy atom. The quantitative estimate of drug-likeness (QED) is 0.827. The monoisotopic (exact) mass is 283 g/mol. The summed E-state index contributed by atoms with van der Waals surface area (Å²) in [5, 5.41) is 12.3. The molecule has 0 aromatic rings. The topological polar surface area (TPSA) is 75.6 Å². The maximum atomic E-state index is 12.3. The van der Waals surface area contributed by atoms with Gasteiger partial charge in [0, 0.05) is 6.61 Å². The van der Waals surface area contributed by atoms with Gasteiger partial charge in [0.15, 0.2) is 0 Å². The van der Waals surface area contributed by atoms with E-state index in [1.807, 2.05) is 6.92 Å². The molecular weight excluding hydrogens is 258 g/mol. The van der Waals surface area contributed by atoms with Gasteiger partial charge < -0.3 is 15.2 Å². The van der Waals surface area contributed by atoms with Crippen LogP contribution < -0.4 is 5.32 Å². The smallest absolute Gasteiger partial charge is 0.329 e. The van der Waals surface area contributed by atoms with Gasteiger partial charge in [0.1, 0.15) is 11.6 Å². The standard InChI is InChI=1S/C15H25NO4/c1-3-11-4-7-15(8-5-11,14(18)19)16-13(17)12-10(2)6-9-20-12/h10-12H,3-9H2,1-2H3,(H,16,17)(H,18,19). The van der Waals surface area contributed by atoms with Crippen molar-refractivity contribution in [3.05, 3.63) is 0 Å². The van der Waals surface area contributed by atoms with Gasteiger partial charge in [-0.2, -0.15) is 0 Å². The first kappa shape index (κ1) is 15.3. The van der Waals surface area contributed by atoms with E-state index < -0.39 is 17.6 Å². The van der Waals surface area contributed by atoms with Crippen LogP contribution in [0.4, 0.5) is 0 Å². The number of nitrogens with one attached hydrogen (secondary N) is 1. The van der Waals surface area contributed by atoms with Crippen LogP contribution in [0.1, 0.15) is 52.4 Å². The second-order valence-corrected chi connectivity index (χ2v) is 6.29. The van der Waals surface area contributed by atoms with E-state index in [1.54, 1.807) is 0 Å². The Balaban J connectivity index is 2.03. The predicted molar refractivity (Wildman–Crippen MR) is 74.3 cm³/mol. The van der Waals surface area contributed by atoms with Gasteiger partial charge in [0.2, 0.25) is 5.91 Å². The van der Waals surface area contributed by atoms with E-state index in [2.05, 4.69) is 12.2 Å². The first-order valence-electron chi connectivity index (χ1n) is 7.65. The summed E-state index contributed by atoms with van der Waals surface area (Å²) >= 11 is 0. The molecule has 2 atom stereocenters. The lowest BCUT2D eigenvalue weighted by Gasteiger charge is -2.38. The van der Waals surface area contributed by atoms with Gasteiger partial charge in [-0.1, -0.05) is 20.3 Å². The molecule has 114 valence electrons. The van der Waals surface area contributed by atoms with Crippen molar-refractivity contribution >= 4 is 11.9 Å². The Hall–Kier alpha value is -1.10. The van der Waals surface area contributed by atoms with E-state index in [9.17, 15) is 14.7 Å². The SMILES string of the molecule is CCC1CCC(NC(=O)C2OCCC2C)(C(=O)O)CC1. The minimum Gasteiger partial charge on any atom is -0.480 e. The summed E-state index contributed by atoms with van der Waals surface area (Å²) in [4.78, 5) is 23.9. The molecule has 2 N–H and O–H groups in total. The summed E-state index contributed by atoms with van der Waals surface area (Å²) in [6.45, 7) is 4.68. The molecule has 2 unspecified atom stereocenters. The molecule has 0 aromatic carbocycles. The van der Waals surface area contributed by atoms with Gasteiger partial charge >= 0.3 is 5.97 Å². The molecular formula is C15H25NO4. The summed E-state index contributed by atoms with van der Waals surface area (Å²) in [6.07, 6.45) is 4.22. The zero-order valence-corrected chi connectivity index (χ0v) is 12.4. The van der Waals surface area contributed by atoms with Gasteiger partial charge in [-0.25, -0.2) is 4.79 Å². The van der Waals surface area contributed by atoms with E-state index in [-0.39, 0.29) is 11.8 Å². The zero-order valence-electron chi connectivity index (χ0n) is 12.4. The van der Waals surface area contributed by atoms with Crippen LogP contribution in [0, 0.1) is 11.8 Å². The molecule has 5 heteroatoms. The summed E-state index contributed by atoms with van der Waals surface area (Å²) in [7, 11) is 0. The second-order valence-electron chi connectivity index (χ2n) is 6.29. The Labute approximate surface area is 120 Å². The highest BCUT2D eigenvalue weighted by Crippen LogP contribution is 2.34. The molecule has 0 spiro atoms. The fourth-order valence-electron chi connectivity index (χ4n) is 3.31. The van der Waals surface area contributed by atoms with Gasteiger partial charge in [0.05, 0.1) is 0 Å². The lowest BCUT2D eigenvalue weighted by Crippen LogP contribution is -2.58. The lowest BCUT2D eigenvalue weighted by molar-refractivity contribution is -0.152. The molecule has 1 aliphatic carbocycles. The van der Waals surface area contributed by atoms with Crippen molar-refractivity contribution < 1.29 is 19.4 Å². The number of rotatable bonds is 4. The van der Waals surface area contributed by atoms with Crippen molar-refractivity contribution in [3.63, 3.8) is 0 Å². The van der Waals surface area contributed by atoms with Gasteiger partial charge in [-0.3, -0.25) is 4.79 Å². The molecule has 1 aliphatic heterocycles. The zero-order chi connectivity index (χ0) is 14.8. The predicted octanol–water partition coefficient (Wildman–Crippen LogP) is 1.95. The maximum Gasteiger partial charge on any atom is 0.329 e. The number of hydrogen-bond acceptors (Lipinski definition) is 3. The first-order chi connectivity index (χ1) is 9.48. The normalized spacial score (nSPS) is 37.6. The Morgan fingerprint density at radius 2 is 1.95 bits per heavy atom. The maximum absolute atomic E-state index is 12.3. The molecule has 1 amide bonds. The van der Waals surface area contributed by atoms with Crippen LogP contribution in [0.15, 0.2) is 0 Å². The molecule has 1 saturated heterocycles. The van der Waals surface area contributed by atoms with Gasteiger partial charge in [-0.05, 0) is 43.9 Å². The number of hydrogen-bond donors (Lipinski definition) is 2. The molecule has 2 aliphatic rings. The molecule has 2 fully saturated rings. The summed E-state index contributed by atoms with van der Waals surface area (Å²) in [5.74, 6) is -0.424. The van der Waals surface area contributed by atoms with Crippen LogP contribution >= 0.6 is 0 Å². The number of ether oxygens (including phenoxy) is 1. The largest absolute Gasteiger partial charge is 0.480 e. The third kappa shape index (κ3) is 2.97. The average Bonchev–Trinajstić information content (AvgIpc) is 2.85. The van der Waals surface area contributed by atoms with E-state index in [0.717, 1.165) is 25.7 Å². The summed E-state index contributed by atoms with van der Waals surface area (Å²) in [6, 6.07) is 0. The van der Waals surface area contributed by atoms with Crippen LogP contribution in [0.5, 0.6) is 0 Å². The number of carboxylic acids is 1. The fraction of sp³-hybridized carbons (Fsp3) is 0.867. The Bertz CT molecular complexity index is 374. The van der Waals surface area contributed by atoms with Crippen LogP contribution in [0.25, 0.3) is 0 Å². The van der Waals surface area contributed by atoms with Crippen LogP contribution in [0.3, 0.4) is 0 Å². The van der Waals surface area contributed by atoms with Crippen molar-refractivity contribution in [2.45, 2.75) is 64.0 Å². The Morgan fingerprint density at radius 1 is 1.30 bits per heavy atom. The van der Waals surface area contributed by atoms with Crippen LogP contribution in [-0.4, -0.2) is 35.2 Å². The minimum atomic E-state index is -1.09. The minimum absolute atomic E-state index is 0.160. The lowest BCUT2D eigenvalue weighted by atomic mass is 9.75. The van der Waals surface area contributed by atoms with Crippen molar-refractivity contribution in [1.82, 2.24) is 5.32 Å². The molecule has 0 aromatic heterocycles. The highest BCUT2D eigenvalue weighted by Gasteiger charge is 2.45. The third-order valence-corrected chi connectivity index (χ3v) is 4.95. The van der Waals surface area contributed by atoms with Crippen molar-refractivity contribution in [2.75, 3.05) is 6.61 Å². The summed E-state index contributed by atoms with van der Waals surface area (Å²) in [5.41, 5.74) is -1.09. The van der Waals surface area contributed by atoms with E-state index in [0.29, 0.717) is 25.4 Å². The number of carbonyl (C=O) groups excluding carboxylic acids is 1. The first-order valence-corrected chi connectivity index (χ1v) is 7.65. The van der Waals surface area contributed by atoms with Crippen LogP contribution in [-0.2, 0) is 14.3 Å². The van der Waals surface area contributed by atoms with Gasteiger partial charge in [-0.15, -0.1) is 0 Å². The third-order valence-electron chi connectivity index (χ3n) is 4.95. The molecule has 1 heterocycles.